The van der Waals surface area contributed by atoms with Crippen LogP contribution in [-0.4, -0.2) is 34.6 Å². The first-order valence-corrected chi connectivity index (χ1v) is 7.52. The second-order valence-corrected chi connectivity index (χ2v) is 5.62. The van der Waals surface area contributed by atoms with Crippen LogP contribution in [0.15, 0.2) is 30.3 Å². The van der Waals surface area contributed by atoms with Crippen molar-refractivity contribution in [3.63, 3.8) is 0 Å². The Morgan fingerprint density at radius 3 is 2.55 bits per heavy atom. The molecule has 0 heterocycles. The van der Waals surface area contributed by atoms with Crippen LogP contribution in [0.25, 0.3) is 0 Å². The molecule has 0 saturated carbocycles. The number of carbonyl (C=O) groups is 2. The lowest BCUT2D eigenvalue weighted by Gasteiger charge is -2.14. The highest BCUT2D eigenvalue weighted by Gasteiger charge is 2.18. The lowest BCUT2D eigenvalue weighted by molar-refractivity contribution is -0.119. The summed E-state index contributed by atoms with van der Waals surface area (Å²) in [6, 6.07) is 8.78. The minimum absolute atomic E-state index is 0.360. The molecule has 1 aromatic rings. The smallest absolute Gasteiger partial charge is 0.321 e. The molecule has 1 aromatic carbocycles. The predicted octanol–water partition coefficient (Wildman–Crippen LogP) is 1.69. The Hall–Kier alpha value is -1.53. The van der Waals surface area contributed by atoms with Gasteiger partial charge in [0.1, 0.15) is 0 Å². The summed E-state index contributed by atoms with van der Waals surface area (Å²) in [6.07, 6.45) is -0.624. The topological polar surface area (TPSA) is 78.4 Å². The number of thioether (sulfide) groups is 1. The zero-order valence-corrected chi connectivity index (χ0v) is 12.4. The number of amides is 3. The fourth-order valence-electron chi connectivity index (χ4n) is 1.50. The van der Waals surface area contributed by atoms with Gasteiger partial charge in [0.05, 0.1) is 11.4 Å². The third-order valence-corrected chi connectivity index (χ3v) is 3.85. The Morgan fingerprint density at radius 1 is 1.30 bits per heavy atom. The number of urea groups is 1. The van der Waals surface area contributed by atoms with Gasteiger partial charge in [-0.3, -0.25) is 10.1 Å². The molecule has 0 aromatic heterocycles. The van der Waals surface area contributed by atoms with E-state index in [0.29, 0.717) is 12.3 Å². The summed E-state index contributed by atoms with van der Waals surface area (Å²) in [6.45, 7) is 3.95. The van der Waals surface area contributed by atoms with Crippen molar-refractivity contribution in [2.45, 2.75) is 25.2 Å². The fourth-order valence-corrected chi connectivity index (χ4v) is 2.37. The van der Waals surface area contributed by atoms with E-state index in [1.54, 1.807) is 13.8 Å². The number of aliphatic hydroxyl groups is 1. The average Bonchev–Trinajstić information content (AvgIpc) is 2.45. The molecule has 3 N–H and O–H groups in total. The third kappa shape index (κ3) is 5.63. The number of hydrogen-bond acceptors (Lipinski definition) is 4. The molecular weight excluding hydrogens is 276 g/mol. The van der Waals surface area contributed by atoms with Crippen LogP contribution in [0.3, 0.4) is 0 Å². The summed E-state index contributed by atoms with van der Waals surface area (Å²) in [4.78, 5) is 22.9. The van der Waals surface area contributed by atoms with E-state index in [0.717, 1.165) is 5.56 Å². The molecule has 2 unspecified atom stereocenters. The second kappa shape index (κ2) is 8.60. The van der Waals surface area contributed by atoms with E-state index >= 15 is 0 Å². The van der Waals surface area contributed by atoms with E-state index in [9.17, 15) is 14.7 Å². The summed E-state index contributed by atoms with van der Waals surface area (Å²) in [5, 5.41) is 14.3. The van der Waals surface area contributed by atoms with Crippen molar-refractivity contribution in [2.24, 2.45) is 0 Å². The number of carbonyl (C=O) groups excluding carboxylic acids is 2. The van der Waals surface area contributed by atoms with Gasteiger partial charge < -0.3 is 10.4 Å². The maximum atomic E-state index is 11.7. The monoisotopic (exact) mass is 296 g/mol. The molecule has 20 heavy (non-hydrogen) atoms. The van der Waals surface area contributed by atoms with Crippen molar-refractivity contribution in [3.05, 3.63) is 35.9 Å². The van der Waals surface area contributed by atoms with Crippen molar-refractivity contribution in [2.75, 3.05) is 12.3 Å². The highest BCUT2D eigenvalue weighted by molar-refractivity contribution is 8.00. The van der Waals surface area contributed by atoms with Crippen molar-refractivity contribution in [1.82, 2.24) is 10.6 Å². The minimum Gasteiger partial charge on any atom is -0.388 e. The first kappa shape index (κ1) is 16.5. The van der Waals surface area contributed by atoms with E-state index in [2.05, 4.69) is 10.6 Å². The molecule has 2 atom stereocenters. The molecule has 0 radical (unpaired) electrons. The van der Waals surface area contributed by atoms with E-state index in [1.165, 1.54) is 11.8 Å². The Kier molecular flexibility index (Phi) is 7.11. The van der Waals surface area contributed by atoms with Gasteiger partial charge in [-0.25, -0.2) is 4.79 Å². The SMILES string of the molecule is CCNC(=O)NC(=O)C(C)SCC(O)c1ccccc1. The van der Waals surface area contributed by atoms with Gasteiger partial charge in [0.25, 0.3) is 0 Å². The number of aliphatic hydroxyl groups excluding tert-OH is 1. The number of nitrogens with one attached hydrogen (secondary N) is 2. The largest absolute Gasteiger partial charge is 0.388 e. The van der Waals surface area contributed by atoms with Gasteiger partial charge in [-0.2, -0.15) is 0 Å². The molecule has 0 aliphatic carbocycles. The maximum Gasteiger partial charge on any atom is 0.321 e. The molecule has 1 rings (SSSR count). The number of imide groups is 1. The minimum atomic E-state index is -0.624. The van der Waals surface area contributed by atoms with Gasteiger partial charge in [0, 0.05) is 12.3 Å². The summed E-state index contributed by atoms with van der Waals surface area (Å²) in [5.74, 6) is 0.0368. The van der Waals surface area contributed by atoms with Gasteiger partial charge in [-0.05, 0) is 19.4 Å². The number of hydrogen-bond donors (Lipinski definition) is 3. The van der Waals surface area contributed by atoms with Crippen LogP contribution in [0.4, 0.5) is 4.79 Å². The molecule has 3 amide bonds. The van der Waals surface area contributed by atoms with Gasteiger partial charge in [-0.1, -0.05) is 30.3 Å². The summed E-state index contributed by atoms with van der Waals surface area (Å²) >= 11 is 1.31. The van der Waals surface area contributed by atoms with Gasteiger partial charge >= 0.3 is 6.03 Å². The summed E-state index contributed by atoms with van der Waals surface area (Å²) < 4.78 is 0. The van der Waals surface area contributed by atoms with Crippen molar-refractivity contribution >= 4 is 23.7 Å². The molecule has 0 aliphatic rings. The second-order valence-electron chi connectivity index (χ2n) is 4.25. The standard InChI is InChI=1S/C14H20N2O3S/c1-3-15-14(19)16-13(18)10(2)20-9-12(17)11-7-5-4-6-8-11/h4-8,10,12,17H,3,9H2,1-2H3,(H2,15,16,18,19). The molecule has 110 valence electrons. The highest BCUT2D eigenvalue weighted by atomic mass is 32.2. The van der Waals surface area contributed by atoms with Crippen molar-refractivity contribution < 1.29 is 14.7 Å². The summed E-state index contributed by atoms with van der Waals surface area (Å²) in [5.41, 5.74) is 0.816. The van der Waals surface area contributed by atoms with E-state index in [1.807, 2.05) is 30.3 Å². The van der Waals surface area contributed by atoms with E-state index < -0.39 is 17.4 Å². The van der Waals surface area contributed by atoms with Crippen LogP contribution in [0, 0.1) is 0 Å². The third-order valence-electron chi connectivity index (χ3n) is 2.63. The Labute approximate surface area is 123 Å². The highest BCUT2D eigenvalue weighted by Crippen LogP contribution is 2.21. The maximum absolute atomic E-state index is 11.7. The molecule has 5 nitrogen and oxygen atoms in total. The molecule has 6 heteroatoms. The molecule has 0 saturated heterocycles. The van der Waals surface area contributed by atoms with Gasteiger partial charge in [0.15, 0.2) is 0 Å². The quantitative estimate of drug-likeness (QED) is 0.746. The first-order chi connectivity index (χ1) is 9.54. The Morgan fingerprint density at radius 2 is 1.95 bits per heavy atom. The number of rotatable bonds is 6. The van der Waals surface area contributed by atoms with Crippen LogP contribution >= 0.6 is 11.8 Å². The van der Waals surface area contributed by atoms with Crippen molar-refractivity contribution in [3.8, 4) is 0 Å². The molecule has 0 fully saturated rings. The average molecular weight is 296 g/mol. The van der Waals surface area contributed by atoms with E-state index in [-0.39, 0.29) is 5.91 Å². The Bertz CT molecular complexity index is 439. The zero-order valence-electron chi connectivity index (χ0n) is 11.6. The van der Waals surface area contributed by atoms with E-state index in [4.69, 9.17) is 0 Å². The van der Waals surface area contributed by atoms with Crippen LogP contribution in [-0.2, 0) is 4.79 Å². The van der Waals surface area contributed by atoms with Crippen molar-refractivity contribution in [1.29, 1.82) is 0 Å². The first-order valence-electron chi connectivity index (χ1n) is 6.48. The van der Waals surface area contributed by atoms with Crippen LogP contribution in [0.5, 0.6) is 0 Å². The molecule has 0 aliphatic heterocycles. The fraction of sp³-hybridized carbons (Fsp3) is 0.429. The molecule has 0 spiro atoms. The van der Waals surface area contributed by atoms with Gasteiger partial charge in [-0.15, -0.1) is 11.8 Å². The summed E-state index contributed by atoms with van der Waals surface area (Å²) in [7, 11) is 0. The molecule has 0 bridgehead atoms. The van der Waals surface area contributed by atoms with Crippen LogP contribution < -0.4 is 10.6 Å². The van der Waals surface area contributed by atoms with Gasteiger partial charge in [0.2, 0.25) is 5.91 Å². The number of benzene rings is 1. The van der Waals surface area contributed by atoms with Crippen LogP contribution in [0.2, 0.25) is 0 Å². The zero-order chi connectivity index (χ0) is 15.0. The normalized spacial score (nSPS) is 13.3. The lowest BCUT2D eigenvalue weighted by Crippen LogP contribution is -2.42. The Balaban J connectivity index is 2.37. The molecular formula is C14H20N2O3S. The predicted molar refractivity (Wildman–Crippen MR) is 80.5 cm³/mol. The lowest BCUT2D eigenvalue weighted by atomic mass is 10.1. The van der Waals surface area contributed by atoms with Crippen LogP contribution in [0.1, 0.15) is 25.5 Å².